The van der Waals surface area contributed by atoms with Gasteiger partial charge >= 0.3 is 0 Å². The van der Waals surface area contributed by atoms with E-state index in [-0.39, 0.29) is 17.8 Å². The number of hydrogen-bond donors (Lipinski definition) is 0. The molecule has 6 nitrogen and oxygen atoms in total. The van der Waals surface area contributed by atoms with Crippen molar-refractivity contribution in [3.63, 3.8) is 0 Å². The Kier molecular flexibility index (Phi) is 16.0. The van der Waals surface area contributed by atoms with Crippen LogP contribution in [0.2, 0.25) is 0 Å². The fourth-order valence-corrected chi connectivity index (χ4v) is 1.57. The average Bonchev–Trinajstić information content (AvgIpc) is 2.50. The largest absolute Gasteiger partial charge is 0.379 e. The highest BCUT2D eigenvalue weighted by atomic mass is 16.6. The van der Waals surface area contributed by atoms with Crippen LogP contribution in [-0.4, -0.2) is 71.3 Å². The molecule has 0 bridgehead atoms. The zero-order valence-electron chi connectivity index (χ0n) is 15.2. The Morgan fingerprint density at radius 1 is 0.652 bits per heavy atom. The predicted molar refractivity (Wildman–Crippen MR) is 88.8 cm³/mol. The van der Waals surface area contributed by atoms with Crippen LogP contribution in [-0.2, 0) is 28.5 Å². The lowest BCUT2D eigenvalue weighted by Crippen LogP contribution is -2.15. The zero-order chi connectivity index (χ0) is 17.3. The van der Waals surface area contributed by atoms with Crippen molar-refractivity contribution in [3.8, 4) is 0 Å². The summed E-state index contributed by atoms with van der Waals surface area (Å²) in [5.41, 5.74) is 0. The van der Waals surface area contributed by atoms with Crippen LogP contribution in [0.15, 0.2) is 0 Å². The maximum absolute atomic E-state index is 11.3. The molecule has 0 aromatic rings. The molecule has 0 atom stereocenters. The van der Waals surface area contributed by atoms with Gasteiger partial charge in [0.2, 0.25) is 0 Å². The lowest BCUT2D eigenvalue weighted by atomic mass is 10.1. The maximum Gasteiger partial charge on any atom is 0.137 e. The summed E-state index contributed by atoms with van der Waals surface area (Å²) < 4.78 is 26.8. The van der Waals surface area contributed by atoms with Gasteiger partial charge in [0.1, 0.15) is 5.78 Å². The Morgan fingerprint density at radius 2 is 1.04 bits per heavy atom. The summed E-state index contributed by atoms with van der Waals surface area (Å²) in [4.78, 5) is 11.3. The van der Waals surface area contributed by atoms with E-state index in [1.54, 1.807) is 0 Å². The molecule has 0 fully saturated rings. The molecule has 0 spiro atoms. The smallest absolute Gasteiger partial charge is 0.137 e. The number of carbonyl (C=O) groups excluding carboxylic acids is 1. The Bertz CT molecular complexity index is 268. The van der Waals surface area contributed by atoms with E-state index in [2.05, 4.69) is 0 Å². The molecule has 0 aromatic heterocycles. The number of carbonyl (C=O) groups is 1. The number of ether oxygens (including phenoxy) is 5. The quantitative estimate of drug-likeness (QED) is 0.380. The van der Waals surface area contributed by atoms with Gasteiger partial charge in [0.15, 0.2) is 0 Å². The van der Waals surface area contributed by atoms with Gasteiger partial charge in [-0.05, 0) is 13.8 Å². The van der Waals surface area contributed by atoms with Gasteiger partial charge < -0.3 is 23.7 Å². The summed E-state index contributed by atoms with van der Waals surface area (Å²) in [5.74, 6) is 0.316. The van der Waals surface area contributed by atoms with E-state index in [0.29, 0.717) is 65.9 Å². The van der Waals surface area contributed by atoms with Crippen LogP contribution < -0.4 is 0 Å². The SMILES string of the molecule is CC(C)OCCOCCOCCOCCOCCC(=O)C(C)C. The second kappa shape index (κ2) is 16.3. The van der Waals surface area contributed by atoms with Crippen LogP contribution in [0.4, 0.5) is 0 Å². The van der Waals surface area contributed by atoms with Crippen molar-refractivity contribution < 1.29 is 28.5 Å². The minimum Gasteiger partial charge on any atom is -0.379 e. The van der Waals surface area contributed by atoms with Crippen LogP contribution in [0.3, 0.4) is 0 Å². The fraction of sp³-hybridized carbons (Fsp3) is 0.941. The predicted octanol–water partition coefficient (Wildman–Crippen LogP) is 2.09. The molecule has 0 saturated heterocycles. The number of hydrogen-bond acceptors (Lipinski definition) is 6. The van der Waals surface area contributed by atoms with Crippen LogP contribution in [0, 0.1) is 5.92 Å². The van der Waals surface area contributed by atoms with Crippen molar-refractivity contribution in [1.82, 2.24) is 0 Å². The van der Waals surface area contributed by atoms with E-state index in [0.717, 1.165) is 0 Å². The fourth-order valence-electron chi connectivity index (χ4n) is 1.57. The van der Waals surface area contributed by atoms with Crippen molar-refractivity contribution in [2.24, 2.45) is 5.92 Å². The summed E-state index contributed by atoms with van der Waals surface area (Å²) in [5, 5.41) is 0. The topological polar surface area (TPSA) is 63.2 Å². The molecule has 0 unspecified atom stereocenters. The lowest BCUT2D eigenvalue weighted by Gasteiger charge is -2.09. The molecule has 0 rings (SSSR count). The Labute approximate surface area is 140 Å². The van der Waals surface area contributed by atoms with Crippen molar-refractivity contribution in [1.29, 1.82) is 0 Å². The van der Waals surface area contributed by atoms with Gasteiger partial charge in [0.25, 0.3) is 0 Å². The van der Waals surface area contributed by atoms with Gasteiger partial charge in [-0.1, -0.05) is 13.8 Å². The molecule has 0 N–H and O–H groups in total. The Hall–Kier alpha value is -0.530. The highest BCUT2D eigenvalue weighted by molar-refractivity contribution is 5.80. The van der Waals surface area contributed by atoms with Gasteiger partial charge in [0, 0.05) is 12.3 Å². The van der Waals surface area contributed by atoms with Crippen LogP contribution >= 0.6 is 0 Å². The van der Waals surface area contributed by atoms with Crippen molar-refractivity contribution in [2.75, 3.05) is 59.5 Å². The lowest BCUT2D eigenvalue weighted by molar-refractivity contribution is -0.123. The normalized spacial score (nSPS) is 11.6. The number of rotatable bonds is 17. The summed E-state index contributed by atoms with van der Waals surface area (Å²) in [6, 6.07) is 0. The highest BCUT2D eigenvalue weighted by Crippen LogP contribution is 1.98. The molecule has 0 aromatic carbocycles. The van der Waals surface area contributed by atoms with E-state index in [9.17, 15) is 4.79 Å². The summed E-state index contributed by atoms with van der Waals surface area (Å²) in [6.07, 6.45) is 0.717. The van der Waals surface area contributed by atoms with Crippen LogP contribution in [0.1, 0.15) is 34.1 Å². The third-order valence-corrected chi connectivity index (χ3v) is 2.93. The summed E-state index contributed by atoms with van der Waals surface area (Å²) in [7, 11) is 0. The molecule has 138 valence electrons. The third kappa shape index (κ3) is 17.7. The molecule has 0 saturated carbocycles. The minimum atomic E-state index is 0.0821. The first-order valence-corrected chi connectivity index (χ1v) is 8.49. The second-order valence-electron chi connectivity index (χ2n) is 5.74. The first-order chi connectivity index (χ1) is 11.0. The van der Waals surface area contributed by atoms with E-state index in [1.807, 2.05) is 27.7 Å². The summed E-state index contributed by atoms with van der Waals surface area (Å²) >= 11 is 0. The first kappa shape index (κ1) is 22.5. The molecule has 6 heteroatoms. The van der Waals surface area contributed by atoms with E-state index in [4.69, 9.17) is 23.7 Å². The van der Waals surface area contributed by atoms with E-state index < -0.39 is 0 Å². The zero-order valence-corrected chi connectivity index (χ0v) is 15.2. The molecule has 0 aliphatic rings. The standard InChI is InChI=1S/C17H34O6/c1-15(2)17(18)5-6-19-7-8-20-9-10-21-11-12-22-13-14-23-16(3)4/h15-16H,5-14H2,1-4H3. The molecule has 0 aliphatic carbocycles. The highest BCUT2D eigenvalue weighted by Gasteiger charge is 2.05. The molecular weight excluding hydrogens is 300 g/mol. The van der Waals surface area contributed by atoms with Crippen molar-refractivity contribution in [3.05, 3.63) is 0 Å². The van der Waals surface area contributed by atoms with E-state index >= 15 is 0 Å². The second-order valence-corrected chi connectivity index (χ2v) is 5.74. The molecule has 0 radical (unpaired) electrons. The van der Waals surface area contributed by atoms with Gasteiger partial charge in [-0.15, -0.1) is 0 Å². The van der Waals surface area contributed by atoms with Gasteiger partial charge in [-0.25, -0.2) is 0 Å². The van der Waals surface area contributed by atoms with Gasteiger partial charge in [0.05, 0.1) is 65.6 Å². The third-order valence-electron chi connectivity index (χ3n) is 2.93. The van der Waals surface area contributed by atoms with E-state index in [1.165, 1.54) is 0 Å². The monoisotopic (exact) mass is 334 g/mol. The van der Waals surface area contributed by atoms with Crippen LogP contribution in [0.25, 0.3) is 0 Å². The van der Waals surface area contributed by atoms with Crippen molar-refractivity contribution >= 4 is 5.78 Å². The van der Waals surface area contributed by atoms with Gasteiger partial charge in [-0.2, -0.15) is 0 Å². The molecular formula is C17H34O6. The van der Waals surface area contributed by atoms with Crippen molar-refractivity contribution in [2.45, 2.75) is 40.2 Å². The molecule has 0 aliphatic heterocycles. The maximum atomic E-state index is 11.3. The summed E-state index contributed by atoms with van der Waals surface area (Å²) in [6.45, 7) is 12.7. The molecule has 23 heavy (non-hydrogen) atoms. The molecule has 0 heterocycles. The molecule has 0 amide bonds. The average molecular weight is 334 g/mol. The number of Topliss-reactive ketones (excluding diaryl/α,β-unsaturated/α-hetero) is 1. The minimum absolute atomic E-state index is 0.0821. The Morgan fingerprint density at radius 3 is 1.43 bits per heavy atom. The Balaban J connectivity index is 3.07. The van der Waals surface area contributed by atoms with Gasteiger partial charge in [-0.3, -0.25) is 4.79 Å². The number of ketones is 1. The first-order valence-electron chi connectivity index (χ1n) is 8.49. The van der Waals surface area contributed by atoms with Crippen LogP contribution in [0.5, 0.6) is 0 Å².